The van der Waals surface area contributed by atoms with Gasteiger partial charge >= 0.3 is 0 Å². The van der Waals surface area contributed by atoms with E-state index in [1.165, 1.54) is 10.4 Å². The molecule has 0 fully saturated rings. The van der Waals surface area contributed by atoms with E-state index in [4.69, 9.17) is 4.74 Å². The number of nitrogens with one attached hydrogen (secondary N) is 1. The maximum atomic E-state index is 5.43. The monoisotopic (exact) mass is 290 g/mol. The maximum absolute atomic E-state index is 5.43. The summed E-state index contributed by atoms with van der Waals surface area (Å²) in [6, 6.07) is 8.56. The second-order valence-corrected chi connectivity index (χ2v) is 6.43. The molecule has 0 aliphatic rings. The third kappa shape index (κ3) is 3.19. The predicted molar refractivity (Wildman–Crippen MR) is 84.5 cm³/mol. The molecule has 0 aliphatic heterocycles. The Bertz CT molecular complexity index is 580. The van der Waals surface area contributed by atoms with Crippen molar-refractivity contribution < 1.29 is 4.74 Å². The molecule has 0 saturated heterocycles. The Morgan fingerprint density at radius 1 is 1.15 bits per heavy atom. The van der Waals surface area contributed by atoms with Gasteiger partial charge in [0.25, 0.3) is 0 Å². The number of hydrogen-bond donors (Lipinski definition) is 1. The average molecular weight is 290 g/mol. The van der Waals surface area contributed by atoms with Crippen LogP contribution in [-0.4, -0.2) is 12.1 Å². The smallest absolute Gasteiger partial charge is 0.123 e. The van der Waals surface area contributed by atoms with Crippen LogP contribution in [-0.2, 0) is 0 Å². The summed E-state index contributed by atoms with van der Waals surface area (Å²) in [7, 11) is 1.71. The lowest BCUT2D eigenvalue weighted by Crippen LogP contribution is -2.23. The summed E-state index contributed by atoms with van der Waals surface area (Å²) in [5.41, 5.74) is 2.32. The summed E-state index contributed by atoms with van der Waals surface area (Å²) in [5.74, 6) is 0.922. The molecular weight excluding hydrogens is 268 g/mol. The first kappa shape index (κ1) is 15.0. The van der Waals surface area contributed by atoms with E-state index in [2.05, 4.69) is 44.1 Å². The number of thiazole rings is 1. The Kier molecular flexibility index (Phi) is 4.78. The second-order valence-electron chi connectivity index (χ2n) is 5.03. The van der Waals surface area contributed by atoms with Crippen LogP contribution in [0.2, 0.25) is 0 Å². The molecule has 1 N–H and O–H groups in total. The van der Waals surface area contributed by atoms with Gasteiger partial charge in [-0.2, -0.15) is 0 Å². The van der Waals surface area contributed by atoms with Crippen LogP contribution >= 0.6 is 11.3 Å². The van der Waals surface area contributed by atoms with Crippen molar-refractivity contribution in [3.8, 4) is 5.75 Å². The number of nitrogens with zero attached hydrogens (tertiary/aromatic N) is 1. The number of rotatable bonds is 5. The first-order chi connectivity index (χ1) is 9.52. The fraction of sp³-hybridized carbons (Fsp3) is 0.438. The topological polar surface area (TPSA) is 34.1 Å². The van der Waals surface area contributed by atoms with Gasteiger partial charge in [0.15, 0.2) is 0 Å². The quantitative estimate of drug-likeness (QED) is 0.897. The molecule has 0 spiro atoms. The van der Waals surface area contributed by atoms with Gasteiger partial charge in [-0.15, -0.1) is 11.3 Å². The van der Waals surface area contributed by atoms with E-state index in [0.29, 0.717) is 0 Å². The lowest BCUT2D eigenvalue weighted by Gasteiger charge is -2.21. The van der Waals surface area contributed by atoms with E-state index in [1.807, 2.05) is 18.2 Å². The molecule has 3 nitrogen and oxygen atoms in total. The van der Waals surface area contributed by atoms with Crippen molar-refractivity contribution in [1.29, 1.82) is 0 Å². The zero-order valence-electron chi connectivity index (χ0n) is 12.7. The summed E-state index contributed by atoms with van der Waals surface area (Å²) in [4.78, 5) is 5.91. The zero-order valence-corrected chi connectivity index (χ0v) is 13.5. The number of aryl methyl sites for hydroxylation is 2. The Morgan fingerprint density at radius 3 is 2.45 bits per heavy atom. The van der Waals surface area contributed by atoms with Crippen LogP contribution in [0.3, 0.4) is 0 Å². The number of para-hydroxylation sites is 1. The minimum atomic E-state index is 0.211. The van der Waals surface area contributed by atoms with Crippen LogP contribution in [0.25, 0.3) is 0 Å². The predicted octanol–water partition coefficient (Wildman–Crippen LogP) is 4.18. The van der Waals surface area contributed by atoms with Gasteiger partial charge in [-0.05, 0) is 33.8 Å². The van der Waals surface area contributed by atoms with Gasteiger partial charge in [-0.1, -0.05) is 18.2 Å². The van der Waals surface area contributed by atoms with Crippen molar-refractivity contribution in [2.75, 3.05) is 7.11 Å². The first-order valence-corrected chi connectivity index (χ1v) is 7.67. The molecule has 2 unspecified atom stereocenters. The normalized spacial score (nSPS) is 14.1. The number of aromatic nitrogens is 1. The van der Waals surface area contributed by atoms with Gasteiger partial charge in [0.05, 0.1) is 17.8 Å². The SMILES string of the molecule is COc1ccccc1C(C)NC(C)c1nc(C)sc1C. The van der Waals surface area contributed by atoms with Gasteiger partial charge in [0.2, 0.25) is 0 Å². The Labute approximate surface area is 125 Å². The lowest BCUT2D eigenvalue weighted by atomic mass is 10.1. The van der Waals surface area contributed by atoms with Crippen molar-refractivity contribution in [3.63, 3.8) is 0 Å². The van der Waals surface area contributed by atoms with Crippen LogP contribution < -0.4 is 10.1 Å². The number of ether oxygens (including phenoxy) is 1. The van der Waals surface area contributed by atoms with E-state index in [1.54, 1.807) is 18.4 Å². The molecule has 2 atom stereocenters. The van der Waals surface area contributed by atoms with Crippen molar-refractivity contribution in [1.82, 2.24) is 10.3 Å². The van der Waals surface area contributed by atoms with Crippen LogP contribution in [0.4, 0.5) is 0 Å². The fourth-order valence-electron chi connectivity index (χ4n) is 2.51. The van der Waals surface area contributed by atoms with E-state index >= 15 is 0 Å². The fourth-order valence-corrected chi connectivity index (χ4v) is 3.43. The molecule has 1 aromatic carbocycles. The van der Waals surface area contributed by atoms with Crippen LogP contribution in [0, 0.1) is 13.8 Å². The van der Waals surface area contributed by atoms with E-state index < -0.39 is 0 Å². The minimum Gasteiger partial charge on any atom is -0.496 e. The largest absolute Gasteiger partial charge is 0.496 e. The molecule has 1 heterocycles. The molecule has 2 rings (SSSR count). The third-order valence-corrected chi connectivity index (χ3v) is 4.36. The standard InChI is InChI=1S/C16H22N2OS/c1-10(14-8-6-7-9-15(14)19-5)17-11(2)16-12(3)20-13(4)18-16/h6-11,17H,1-5H3. The summed E-state index contributed by atoms with van der Waals surface area (Å²) >= 11 is 1.75. The highest BCUT2D eigenvalue weighted by atomic mass is 32.1. The molecule has 0 saturated carbocycles. The highest BCUT2D eigenvalue weighted by molar-refractivity contribution is 7.11. The molecular formula is C16H22N2OS. The highest BCUT2D eigenvalue weighted by Gasteiger charge is 2.17. The van der Waals surface area contributed by atoms with Gasteiger partial charge in [0.1, 0.15) is 5.75 Å². The van der Waals surface area contributed by atoms with E-state index in [-0.39, 0.29) is 12.1 Å². The Morgan fingerprint density at radius 2 is 1.85 bits per heavy atom. The van der Waals surface area contributed by atoms with Crippen molar-refractivity contribution in [2.24, 2.45) is 0 Å². The summed E-state index contributed by atoms with van der Waals surface area (Å²) in [6.07, 6.45) is 0. The number of methoxy groups -OCH3 is 1. The summed E-state index contributed by atoms with van der Waals surface area (Å²) < 4.78 is 5.43. The molecule has 0 aliphatic carbocycles. The summed E-state index contributed by atoms with van der Waals surface area (Å²) in [6.45, 7) is 8.50. The van der Waals surface area contributed by atoms with E-state index in [9.17, 15) is 0 Å². The van der Waals surface area contributed by atoms with Crippen LogP contribution in [0.1, 0.15) is 47.1 Å². The molecule has 108 valence electrons. The molecule has 0 radical (unpaired) electrons. The first-order valence-electron chi connectivity index (χ1n) is 6.85. The number of benzene rings is 1. The molecule has 1 aromatic heterocycles. The van der Waals surface area contributed by atoms with Gasteiger partial charge in [-0.25, -0.2) is 4.98 Å². The van der Waals surface area contributed by atoms with Crippen molar-refractivity contribution in [2.45, 2.75) is 39.8 Å². The molecule has 0 bridgehead atoms. The lowest BCUT2D eigenvalue weighted by molar-refractivity contribution is 0.396. The Balaban J connectivity index is 2.15. The third-order valence-electron chi connectivity index (χ3n) is 3.45. The average Bonchev–Trinajstić information content (AvgIpc) is 2.77. The van der Waals surface area contributed by atoms with Crippen LogP contribution in [0.5, 0.6) is 5.75 Å². The summed E-state index contributed by atoms with van der Waals surface area (Å²) in [5, 5.41) is 4.73. The molecule has 20 heavy (non-hydrogen) atoms. The van der Waals surface area contributed by atoms with Gasteiger partial charge in [0, 0.05) is 22.5 Å². The van der Waals surface area contributed by atoms with Gasteiger partial charge in [-0.3, -0.25) is 0 Å². The van der Waals surface area contributed by atoms with Gasteiger partial charge < -0.3 is 10.1 Å². The van der Waals surface area contributed by atoms with Crippen LogP contribution in [0.15, 0.2) is 24.3 Å². The maximum Gasteiger partial charge on any atom is 0.123 e. The molecule has 0 amide bonds. The highest BCUT2D eigenvalue weighted by Crippen LogP contribution is 2.28. The van der Waals surface area contributed by atoms with E-state index in [0.717, 1.165) is 16.5 Å². The zero-order chi connectivity index (χ0) is 14.7. The second kappa shape index (κ2) is 6.37. The van der Waals surface area contributed by atoms with Crippen molar-refractivity contribution >= 4 is 11.3 Å². The minimum absolute atomic E-state index is 0.211. The number of hydrogen-bond acceptors (Lipinski definition) is 4. The molecule has 2 aromatic rings. The van der Waals surface area contributed by atoms with Crippen molar-refractivity contribution in [3.05, 3.63) is 45.4 Å². The molecule has 4 heteroatoms. The Hall–Kier alpha value is -1.39.